The van der Waals surface area contributed by atoms with Gasteiger partial charge in [-0.1, -0.05) is 33.8 Å². The first-order chi connectivity index (χ1) is 10.8. The molecule has 0 bridgehead atoms. The zero-order valence-electron chi connectivity index (χ0n) is 14.9. The lowest BCUT2D eigenvalue weighted by molar-refractivity contribution is 0.0962. The number of nitrogens with one attached hydrogen (secondary N) is 1. The van der Waals surface area contributed by atoms with Gasteiger partial charge in [0.05, 0.1) is 19.8 Å². The number of amides is 1. The van der Waals surface area contributed by atoms with Crippen LogP contribution in [0.5, 0.6) is 5.75 Å². The Morgan fingerprint density at radius 1 is 1.22 bits per heavy atom. The first-order valence-corrected chi connectivity index (χ1v) is 7.99. The molecule has 1 aromatic carbocycles. The highest BCUT2D eigenvalue weighted by Crippen LogP contribution is 2.12. The van der Waals surface area contributed by atoms with E-state index in [0.29, 0.717) is 29.8 Å². The van der Waals surface area contributed by atoms with Crippen molar-refractivity contribution in [2.45, 2.75) is 40.7 Å². The van der Waals surface area contributed by atoms with E-state index in [0.717, 1.165) is 0 Å². The summed E-state index contributed by atoms with van der Waals surface area (Å²) in [5, 5.41) is 2.76. The topological polar surface area (TPSA) is 59.9 Å². The van der Waals surface area contributed by atoms with Gasteiger partial charge in [-0.25, -0.2) is 4.99 Å². The Labute approximate surface area is 139 Å². The molecule has 0 aliphatic carbocycles. The third-order valence-electron chi connectivity index (χ3n) is 3.39. The van der Waals surface area contributed by atoms with Gasteiger partial charge in [-0.15, -0.1) is 0 Å². The lowest BCUT2D eigenvalue weighted by atomic mass is 10.1. The molecule has 1 aromatic rings. The summed E-state index contributed by atoms with van der Waals surface area (Å²) < 4.78 is 10.8. The SMILES string of the molecule is COc1cccc(C(=O)NC(=N[C@@H](C)C(C)C)OCC(C)C)c1. The summed E-state index contributed by atoms with van der Waals surface area (Å²) >= 11 is 0. The van der Waals surface area contributed by atoms with Crippen molar-refractivity contribution >= 4 is 11.9 Å². The molecule has 0 aliphatic rings. The van der Waals surface area contributed by atoms with Gasteiger partial charge in [0.1, 0.15) is 5.75 Å². The predicted octanol–water partition coefficient (Wildman–Crippen LogP) is 3.50. The minimum absolute atomic E-state index is 0.0581. The van der Waals surface area contributed by atoms with Crippen molar-refractivity contribution in [3.8, 4) is 5.75 Å². The highest BCUT2D eigenvalue weighted by molar-refractivity contribution is 6.04. The van der Waals surface area contributed by atoms with Gasteiger partial charge < -0.3 is 9.47 Å². The number of hydrogen-bond acceptors (Lipinski definition) is 4. The number of nitrogens with zero attached hydrogens (tertiary/aromatic N) is 1. The van der Waals surface area contributed by atoms with E-state index in [-0.39, 0.29) is 18.0 Å². The lowest BCUT2D eigenvalue weighted by Gasteiger charge is -2.16. The number of hydrogen-bond donors (Lipinski definition) is 1. The number of aliphatic imine (C=N–C) groups is 1. The first kappa shape index (κ1) is 19.0. The number of rotatable bonds is 6. The molecule has 0 spiro atoms. The molecular weight excluding hydrogens is 292 g/mol. The van der Waals surface area contributed by atoms with Crippen LogP contribution in [0, 0.1) is 11.8 Å². The molecule has 128 valence electrons. The molecule has 0 heterocycles. The Morgan fingerprint density at radius 2 is 1.91 bits per heavy atom. The van der Waals surface area contributed by atoms with E-state index in [1.54, 1.807) is 31.4 Å². The average molecular weight is 320 g/mol. The highest BCUT2D eigenvalue weighted by Gasteiger charge is 2.14. The van der Waals surface area contributed by atoms with Crippen molar-refractivity contribution in [2.24, 2.45) is 16.8 Å². The largest absolute Gasteiger partial charge is 0.497 e. The molecule has 0 fully saturated rings. The minimum atomic E-state index is -0.262. The Kier molecular flexibility index (Phi) is 7.59. The quantitative estimate of drug-likeness (QED) is 0.644. The summed E-state index contributed by atoms with van der Waals surface area (Å²) in [7, 11) is 1.57. The van der Waals surface area contributed by atoms with Gasteiger partial charge in [-0.2, -0.15) is 0 Å². The maximum atomic E-state index is 12.4. The maximum absolute atomic E-state index is 12.4. The Morgan fingerprint density at radius 3 is 2.48 bits per heavy atom. The molecule has 1 amide bonds. The van der Waals surface area contributed by atoms with Gasteiger partial charge in [0, 0.05) is 5.56 Å². The van der Waals surface area contributed by atoms with Crippen LogP contribution >= 0.6 is 0 Å². The summed E-state index contributed by atoms with van der Waals surface area (Å²) in [4.78, 5) is 16.9. The van der Waals surface area contributed by atoms with Crippen molar-refractivity contribution < 1.29 is 14.3 Å². The van der Waals surface area contributed by atoms with E-state index >= 15 is 0 Å². The summed E-state index contributed by atoms with van der Waals surface area (Å²) in [5.41, 5.74) is 0.502. The van der Waals surface area contributed by atoms with Crippen LogP contribution in [0.25, 0.3) is 0 Å². The van der Waals surface area contributed by atoms with E-state index in [1.165, 1.54) is 0 Å². The van der Waals surface area contributed by atoms with Crippen molar-refractivity contribution in [1.82, 2.24) is 5.32 Å². The van der Waals surface area contributed by atoms with Gasteiger partial charge >= 0.3 is 0 Å². The fourth-order valence-electron chi connectivity index (χ4n) is 1.62. The van der Waals surface area contributed by atoms with Gasteiger partial charge in [0.25, 0.3) is 11.9 Å². The number of carbonyl (C=O) groups excluding carboxylic acids is 1. The molecule has 1 N–H and O–H groups in total. The van der Waals surface area contributed by atoms with Gasteiger partial charge in [-0.3, -0.25) is 10.1 Å². The summed E-state index contributed by atoms with van der Waals surface area (Å²) in [6.45, 7) is 10.8. The van der Waals surface area contributed by atoms with Crippen molar-refractivity contribution in [3.63, 3.8) is 0 Å². The molecule has 0 aromatic heterocycles. The summed E-state index contributed by atoms with van der Waals surface area (Å²) in [6.07, 6.45) is 0. The van der Waals surface area contributed by atoms with Crippen LogP contribution in [0.15, 0.2) is 29.3 Å². The van der Waals surface area contributed by atoms with E-state index in [9.17, 15) is 4.79 Å². The smallest absolute Gasteiger partial charge is 0.291 e. The van der Waals surface area contributed by atoms with Crippen molar-refractivity contribution in [1.29, 1.82) is 0 Å². The average Bonchev–Trinajstić information content (AvgIpc) is 2.52. The standard InChI is InChI=1S/C18H28N2O3/c1-12(2)11-23-18(19-14(5)13(3)4)20-17(21)15-8-7-9-16(10-15)22-6/h7-10,12-14H,11H2,1-6H3,(H,19,20,21)/t14-/m0/s1. The van der Waals surface area contributed by atoms with Crippen molar-refractivity contribution in [2.75, 3.05) is 13.7 Å². The molecule has 0 radical (unpaired) electrons. The molecule has 1 rings (SSSR count). The summed E-state index contributed by atoms with van der Waals surface area (Å²) in [5.74, 6) is 1.08. The molecule has 0 saturated heterocycles. The van der Waals surface area contributed by atoms with E-state index < -0.39 is 0 Å². The predicted molar refractivity (Wildman–Crippen MR) is 93.0 cm³/mol. The van der Waals surface area contributed by atoms with Crippen LogP contribution in [-0.2, 0) is 4.74 Å². The van der Waals surface area contributed by atoms with Gasteiger partial charge in [-0.05, 0) is 37.0 Å². The molecule has 23 heavy (non-hydrogen) atoms. The molecular formula is C18H28N2O3. The van der Waals surface area contributed by atoms with E-state index in [4.69, 9.17) is 9.47 Å². The maximum Gasteiger partial charge on any atom is 0.291 e. The van der Waals surface area contributed by atoms with Crippen molar-refractivity contribution in [3.05, 3.63) is 29.8 Å². The minimum Gasteiger partial charge on any atom is -0.497 e. The Hall–Kier alpha value is -2.04. The number of benzene rings is 1. The van der Waals surface area contributed by atoms with Crippen LogP contribution in [0.4, 0.5) is 0 Å². The molecule has 0 saturated carbocycles. The molecule has 5 nitrogen and oxygen atoms in total. The molecule has 5 heteroatoms. The Bertz CT molecular complexity index is 539. The second-order valence-electron chi connectivity index (χ2n) is 6.31. The molecule has 1 atom stereocenters. The van der Waals surface area contributed by atoms with Crippen LogP contribution in [0.2, 0.25) is 0 Å². The van der Waals surface area contributed by atoms with Crippen LogP contribution in [0.3, 0.4) is 0 Å². The normalized spacial score (nSPS) is 13.1. The Balaban J connectivity index is 2.87. The fraction of sp³-hybridized carbons (Fsp3) is 0.556. The monoisotopic (exact) mass is 320 g/mol. The number of ether oxygens (including phenoxy) is 2. The van der Waals surface area contributed by atoms with Crippen LogP contribution < -0.4 is 10.1 Å². The van der Waals surface area contributed by atoms with Gasteiger partial charge in [0.15, 0.2) is 0 Å². The van der Waals surface area contributed by atoms with Crippen LogP contribution in [0.1, 0.15) is 45.0 Å². The zero-order valence-corrected chi connectivity index (χ0v) is 14.9. The summed E-state index contributed by atoms with van der Waals surface area (Å²) in [6, 6.07) is 7.30. The van der Waals surface area contributed by atoms with E-state index in [2.05, 4.69) is 24.2 Å². The second-order valence-corrected chi connectivity index (χ2v) is 6.31. The second kappa shape index (κ2) is 9.18. The molecule has 0 unspecified atom stereocenters. The number of carbonyl (C=O) groups is 1. The zero-order chi connectivity index (χ0) is 17.4. The number of methoxy groups -OCH3 is 1. The third-order valence-corrected chi connectivity index (χ3v) is 3.39. The highest BCUT2D eigenvalue weighted by atomic mass is 16.5. The third kappa shape index (κ3) is 6.72. The fourth-order valence-corrected chi connectivity index (χ4v) is 1.62. The van der Waals surface area contributed by atoms with E-state index in [1.807, 2.05) is 20.8 Å². The number of amidine groups is 1. The lowest BCUT2D eigenvalue weighted by Crippen LogP contribution is -2.34. The van der Waals surface area contributed by atoms with Gasteiger partial charge in [0.2, 0.25) is 0 Å². The first-order valence-electron chi connectivity index (χ1n) is 7.99. The van der Waals surface area contributed by atoms with Crippen LogP contribution in [-0.4, -0.2) is 31.7 Å². The molecule has 0 aliphatic heterocycles.